The van der Waals surface area contributed by atoms with Gasteiger partial charge in [0.15, 0.2) is 0 Å². The maximum absolute atomic E-state index is 13.0. The summed E-state index contributed by atoms with van der Waals surface area (Å²) >= 11 is 0. The lowest BCUT2D eigenvalue weighted by Gasteiger charge is -2.18. The summed E-state index contributed by atoms with van der Waals surface area (Å²) in [6.07, 6.45) is -4.28. The zero-order valence-electron chi connectivity index (χ0n) is 16.8. The highest BCUT2D eigenvalue weighted by Crippen LogP contribution is 2.36. The van der Waals surface area contributed by atoms with E-state index in [4.69, 9.17) is 0 Å². The van der Waals surface area contributed by atoms with Gasteiger partial charge >= 0.3 is 12.9 Å². The zero-order chi connectivity index (χ0) is 23.7. The third kappa shape index (κ3) is 5.43. The number of benzene rings is 2. The lowest BCUT2D eigenvalue weighted by Crippen LogP contribution is -2.27. The molecule has 0 saturated carbocycles. The van der Waals surface area contributed by atoms with E-state index in [0.717, 1.165) is 6.07 Å². The smallest absolute Gasteiger partial charge is 0.405 e. The quantitative estimate of drug-likeness (QED) is 0.478. The van der Waals surface area contributed by atoms with E-state index in [-0.39, 0.29) is 21.5 Å². The summed E-state index contributed by atoms with van der Waals surface area (Å²) in [6.45, 7) is -0.371. The third-order valence-electron chi connectivity index (χ3n) is 4.51. The molecule has 1 heterocycles. The fourth-order valence-electron chi connectivity index (χ4n) is 3.07. The second kappa shape index (κ2) is 8.87. The van der Waals surface area contributed by atoms with Gasteiger partial charge in [-0.15, -0.1) is 13.2 Å². The number of aromatic nitrogens is 2. The van der Waals surface area contributed by atoms with Crippen molar-refractivity contribution >= 4 is 10.0 Å². The molecule has 0 aliphatic heterocycles. The van der Waals surface area contributed by atoms with Crippen LogP contribution in [0.3, 0.4) is 0 Å². The van der Waals surface area contributed by atoms with Crippen molar-refractivity contribution in [2.75, 3.05) is 0 Å². The molecule has 3 aromatic rings. The third-order valence-corrected chi connectivity index (χ3v) is 6.15. The van der Waals surface area contributed by atoms with E-state index in [1.807, 2.05) is 0 Å². The first-order valence-electron chi connectivity index (χ1n) is 9.19. The van der Waals surface area contributed by atoms with Crippen molar-refractivity contribution in [2.24, 2.45) is 0 Å². The first kappa shape index (κ1) is 23.7. The van der Waals surface area contributed by atoms with Gasteiger partial charge in [-0.05, 0) is 31.0 Å². The summed E-state index contributed by atoms with van der Waals surface area (Å²) in [5, 5.41) is 3.46. The van der Waals surface area contributed by atoms with Crippen molar-refractivity contribution in [1.29, 1.82) is 0 Å². The van der Waals surface area contributed by atoms with Gasteiger partial charge in [0.2, 0.25) is 10.0 Å². The van der Waals surface area contributed by atoms with Gasteiger partial charge in [0.1, 0.15) is 10.6 Å². The summed E-state index contributed by atoms with van der Waals surface area (Å²) in [7, 11) is -4.29. The summed E-state index contributed by atoms with van der Waals surface area (Å²) in [5.74, 6) is -0.506. The maximum Gasteiger partial charge on any atom is 0.573 e. The number of nitrogens with one attached hydrogen (secondary N) is 1. The summed E-state index contributed by atoms with van der Waals surface area (Å²) < 4.78 is 96.5. The van der Waals surface area contributed by atoms with Crippen LogP contribution < -0.4 is 9.46 Å². The normalized spacial score (nSPS) is 13.4. The van der Waals surface area contributed by atoms with Crippen molar-refractivity contribution in [1.82, 2.24) is 14.5 Å². The molecular weight excluding hydrogens is 457 g/mol. The lowest BCUT2D eigenvalue weighted by atomic mass is 10.0. The highest BCUT2D eigenvalue weighted by Gasteiger charge is 2.33. The second-order valence-corrected chi connectivity index (χ2v) is 8.53. The number of nitrogens with zero attached hydrogens (tertiary/aromatic N) is 2. The molecule has 1 atom stereocenters. The molecule has 0 bridgehead atoms. The van der Waals surface area contributed by atoms with E-state index in [1.165, 1.54) is 26.0 Å². The van der Waals surface area contributed by atoms with Crippen molar-refractivity contribution < 1.29 is 35.1 Å². The largest absolute Gasteiger partial charge is 0.573 e. The zero-order valence-corrected chi connectivity index (χ0v) is 17.6. The Hall–Kier alpha value is -2.99. The van der Waals surface area contributed by atoms with Gasteiger partial charge in [-0.2, -0.15) is 13.9 Å². The summed E-state index contributed by atoms with van der Waals surface area (Å²) in [4.78, 5) is -0.461. The molecule has 172 valence electrons. The number of ether oxygens (including phenoxy) is 1. The predicted octanol–water partition coefficient (Wildman–Crippen LogP) is 5.19. The van der Waals surface area contributed by atoms with E-state index in [2.05, 4.69) is 14.6 Å². The molecule has 6 nitrogen and oxygen atoms in total. The van der Waals surface area contributed by atoms with Gasteiger partial charge in [0, 0.05) is 11.6 Å². The maximum atomic E-state index is 13.0. The molecule has 0 amide bonds. The molecule has 0 spiro atoms. The highest BCUT2D eigenvalue weighted by atomic mass is 32.2. The Morgan fingerprint density at radius 1 is 1.09 bits per heavy atom. The number of sulfonamides is 1. The molecular formula is C20H18F5N3O3S. The van der Waals surface area contributed by atoms with E-state index in [1.54, 1.807) is 30.3 Å². The number of halogens is 5. The lowest BCUT2D eigenvalue weighted by molar-refractivity contribution is -0.274. The molecule has 1 N–H and O–H groups in total. The number of hydrogen-bond acceptors (Lipinski definition) is 4. The fraction of sp³-hybridized carbons (Fsp3) is 0.250. The van der Waals surface area contributed by atoms with Crippen LogP contribution in [0.2, 0.25) is 0 Å². The molecule has 0 aliphatic carbocycles. The van der Waals surface area contributed by atoms with E-state index in [0.29, 0.717) is 11.8 Å². The topological polar surface area (TPSA) is 73.2 Å². The molecule has 3 rings (SSSR count). The predicted molar refractivity (Wildman–Crippen MR) is 106 cm³/mol. The van der Waals surface area contributed by atoms with Crippen LogP contribution in [0.5, 0.6) is 5.75 Å². The SMILES string of the molecule is Cc1nn(C(F)F)cc1S(=O)(=O)N[C@H](C)c1ccc(-c2ccccc2)c(OC(F)(F)F)c1. The van der Waals surface area contributed by atoms with Gasteiger partial charge in [0.25, 0.3) is 0 Å². The van der Waals surface area contributed by atoms with Gasteiger partial charge in [0.05, 0.1) is 11.9 Å². The van der Waals surface area contributed by atoms with E-state index >= 15 is 0 Å². The summed E-state index contributed by atoms with van der Waals surface area (Å²) in [5.41, 5.74) is 0.661. The standard InChI is InChI=1S/C20H18F5N3O3S/c1-12(27-32(29,30)18-11-28(19(21)22)26-13(18)2)15-8-9-16(14-6-4-3-5-7-14)17(10-15)31-20(23,24)25/h3-12,19,27H,1-2H3/t12-/m1/s1. The van der Waals surface area contributed by atoms with Crippen LogP contribution >= 0.6 is 0 Å². The van der Waals surface area contributed by atoms with Gasteiger partial charge < -0.3 is 4.74 Å². The van der Waals surface area contributed by atoms with Gasteiger partial charge in [-0.1, -0.05) is 42.5 Å². The fourth-order valence-corrected chi connectivity index (χ4v) is 4.47. The van der Waals surface area contributed by atoms with Crippen LogP contribution in [0.25, 0.3) is 11.1 Å². The first-order valence-corrected chi connectivity index (χ1v) is 10.7. The van der Waals surface area contributed by atoms with Crippen molar-refractivity contribution in [3.05, 3.63) is 66.0 Å². The Kier molecular flexibility index (Phi) is 6.56. The number of aryl methyl sites for hydroxylation is 1. The average Bonchev–Trinajstić information content (AvgIpc) is 3.10. The summed E-state index contributed by atoms with van der Waals surface area (Å²) in [6, 6.07) is 11.1. The van der Waals surface area contributed by atoms with Crippen LogP contribution in [0.15, 0.2) is 59.6 Å². The molecule has 0 aliphatic rings. The molecule has 1 aromatic heterocycles. The van der Waals surface area contributed by atoms with Gasteiger partial charge in [-0.25, -0.2) is 17.8 Å². The Bertz CT molecular complexity index is 1190. The minimum Gasteiger partial charge on any atom is -0.405 e. The Labute approximate surface area is 180 Å². The van der Waals surface area contributed by atoms with Gasteiger partial charge in [-0.3, -0.25) is 0 Å². The Morgan fingerprint density at radius 2 is 1.75 bits per heavy atom. The molecule has 0 saturated heterocycles. The number of hydrogen-bond donors (Lipinski definition) is 1. The van der Waals surface area contributed by atoms with Crippen LogP contribution in [-0.4, -0.2) is 24.6 Å². The molecule has 0 fully saturated rings. The minimum absolute atomic E-state index is 0.148. The monoisotopic (exact) mass is 475 g/mol. The van der Waals surface area contributed by atoms with E-state index < -0.39 is 39.6 Å². The number of rotatable bonds is 7. The second-order valence-electron chi connectivity index (χ2n) is 6.85. The molecule has 0 radical (unpaired) electrons. The van der Waals surface area contributed by atoms with Crippen LogP contribution in [0.4, 0.5) is 22.0 Å². The van der Waals surface area contributed by atoms with Crippen LogP contribution in [0, 0.1) is 6.92 Å². The molecule has 2 aromatic carbocycles. The van der Waals surface area contributed by atoms with Crippen molar-refractivity contribution in [3.63, 3.8) is 0 Å². The van der Waals surface area contributed by atoms with Crippen molar-refractivity contribution in [3.8, 4) is 16.9 Å². The Balaban J connectivity index is 1.94. The first-order chi connectivity index (χ1) is 14.9. The van der Waals surface area contributed by atoms with Crippen molar-refractivity contribution in [2.45, 2.75) is 37.7 Å². The minimum atomic E-state index is -4.97. The Morgan fingerprint density at radius 3 is 2.31 bits per heavy atom. The van der Waals surface area contributed by atoms with Crippen LogP contribution in [-0.2, 0) is 10.0 Å². The molecule has 12 heteroatoms. The highest BCUT2D eigenvalue weighted by molar-refractivity contribution is 7.89. The average molecular weight is 475 g/mol. The molecule has 0 unspecified atom stereocenters. The van der Waals surface area contributed by atoms with E-state index in [9.17, 15) is 30.4 Å². The van der Waals surface area contributed by atoms with Crippen LogP contribution in [0.1, 0.15) is 30.8 Å². The molecule has 32 heavy (non-hydrogen) atoms. The number of alkyl halides is 5.